The molecule has 1 aromatic rings. The number of hydrogen-bond donors (Lipinski definition) is 1. The van der Waals surface area contributed by atoms with E-state index in [1.165, 1.54) is 0 Å². The number of benzene rings is 1. The molecule has 106 valence electrons. The van der Waals surface area contributed by atoms with Gasteiger partial charge in [0.15, 0.2) is 0 Å². The van der Waals surface area contributed by atoms with Gasteiger partial charge >= 0.3 is 0 Å². The SMILES string of the molecule is CC(C)CC(=O)NCc1ccc(COC(C)C)cc1. The first-order chi connectivity index (χ1) is 8.97. The maximum atomic E-state index is 11.5. The average molecular weight is 263 g/mol. The van der Waals surface area contributed by atoms with E-state index in [9.17, 15) is 4.79 Å². The number of carbonyl (C=O) groups is 1. The summed E-state index contributed by atoms with van der Waals surface area (Å²) in [5, 5.41) is 2.93. The van der Waals surface area contributed by atoms with Crippen molar-refractivity contribution >= 4 is 5.91 Å². The van der Waals surface area contributed by atoms with Crippen molar-refractivity contribution in [2.24, 2.45) is 5.92 Å². The molecule has 0 aliphatic heterocycles. The maximum Gasteiger partial charge on any atom is 0.220 e. The molecule has 0 saturated carbocycles. The van der Waals surface area contributed by atoms with Gasteiger partial charge in [0.2, 0.25) is 5.91 Å². The second kappa shape index (κ2) is 7.95. The summed E-state index contributed by atoms with van der Waals surface area (Å²) >= 11 is 0. The molecular formula is C16H25NO2. The number of ether oxygens (including phenoxy) is 1. The Morgan fingerprint density at radius 1 is 1.11 bits per heavy atom. The highest BCUT2D eigenvalue weighted by Gasteiger charge is 2.04. The van der Waals surface area contributed by atoms with Crippen molar-refractivity contribution < 1.29 is 9.53 Å². The van der Waals surface area contributed by atoms with Crippen LogP contribution in [0.3, 0.4) is 0 Å². The second-order valence-corrected chi connectivity index (χ2v) is 5.55. The summed E-state index contributed by atoms with van der Waals surface area (Å²) in [6.45, 7) is 9.37. The Morgan fingerprint density at radius 3 is 2.21 bits per heavy atom. The molecule has 19 heavy (non-hydrogen) atoms. The van der Waals surface area contributed by atoms with E-state index in [1.807, 2.05) is 52.0 Å². The van der Waals surface area contributed by atoms with Gasteiger partial charge in [-0.2, -0.15) is 0 Å². The van der Waals surface area contributed by atoms with Crippen molar-refractivity contribution in [2.75, 3.05) is 0 Å². The summed E-state index contributed by atoms with van der Waals surface area (Å²) in [6.07, 6.45) is 0.829. The van der Waals surface area contributed by atoms with E-state index in [1.54, 1.807) is 0 Å². The zero-order valence-electron chi connectivity index (χ0n) is 12.4. The summed E-state index contributed by atoms with van der Waals surface area (Å²) in [4.78, 5) is 11.5. The van der Waals surface area contributed by atoms with E-state index in [0.717, 1.165) is 11.1 Å². The van der Waals surface area contributed by atoms with E-state index >= 15 is 0 Å². The van der Waals surface area contributed by atoms with E-state index in [2.05, 4.69) is 5.32 Å². The highest BCUT2D eigenvalue weighted by atomic mass is 16.5. The molecule has 0 bridgehead atoms. The van der Waals surface area contributed by atoms with Gasteiger partial charge in [0, 0.05) is 13.0 Å². The minimum Gasteiger partial charge on any atom is -0.374 e. The van der Waals surface area contributed by atoms with Gasteiger partial charge in [0.05, 0.1) is 12.7 Å². The van der Waals surface area contributed by atoms with Crippen LogP contribution in [0.5, 0.6) is 0 Å². The molecule has 0 spiro atoms. The summed E-state index contributed by atoms with van der Waals surface area (Å²) in [6, 6.07) is 8.17. The lowest BCUT2D eigenvalue weighted by atomic mass is 10.1. The molecule has 0 aromatic heterocycles. The molecule has 0 atom stereocenters. The molecule has 3 nitrogen and oxygen atoms in total. The molecule has 0 aliphatic rings. The van der Waals surface area contributed by atoms with Crippen molar-refractivity contribution in [1.82, 2.24) is 5.32 Å². The molecule has 0 unspecified atom stereocenters. The van der Waals surface area contributed by atoms with Crippen molar-refractivity contribution in [3.8, 4) is 0 Å². The molecule has 0 heterocycles. The molecular weight excluding hydrogens is 238 g/mol. The van der Waals surface area contributed by atoms with Crippen molar-refractivity contribution in [3.63, 3.8) is 0 Å². The molecule has 0 radical (unpaired) electrons. The first-order valence-electron chi connectivity index (χ1n) is 6.93. The quantitative estimate of drug-likeness (QED) is 0.820. The highest BCUT2D eigenvalue weighted by molar-refractivity contribution is 5.76. The molecule has 1 rings (SSSR count). The van der Waals surface area contributed by atoms with Crippen molar-refractivity contribution in [2.45, 2.75) is 53.4 Å². The van der Waals surface area contributed by atoms with Crippen LogP contribution in [0, 0.1) is 5.92 Å². The first-order valence-corrected chi connectivity index (χ1v) is 6.93. The van der Waals surface area contributed by atoms with Crippen LogP contribution >= 0.6 is 0 Å². The fraction of sp³-hybridized carbons (Fsp3) is 0.562. The summed E-state index contributed by atoms with van der Waals surface area (Å²) in [7, 11) is 0. The van der Waals surface area contributed by atoms with Crippen LogP contribution in [-0.4, -0.2) is 12.0 Å². The number of hydrogen-bond acceptors (Lipinski definition) is 2. The van der Waals surface area contributed by atoms with Crippen LogP contribution in [0.15, 0.2) is 24.3 Å². The van der Waals surface area contributed by atoms with Crippen molar-refractivity contribution in [3.05, 3.63) is 35.4 Å². The maximum absolute atomic E-state index is 11.5. The molecule has 0 saturated heterocycles. The summed E-state index contributed by atoms with van der Waals surface area (Å²) in [5.41, 5.74) is 2.27. The highest BCUT2D eigenvalue weighted by Crippen LogP contribution is 2.07. The minimum absolute atomic E-state index is 0.113. The fourth-order valence-corrected chi connectivity index (χ4v) is 1.66. The molecule has 0 fully saturated rings. The lowest BCUT2D eigenvalue weighted by molar-refractivity contribution is -0.121. The minimum atomic E-state index is 0.113. The lowest BCUT2D eigenvalue weighted by Gasteiger charge is -2.09. The van der Waals surface area contributed by atoms with E-state index < -0.39 is 0 Å². The van der Waals surface area contributed by atoms with E-state index in [0.29, 0.717) is 25.5 Å². The zero-order valence-corrected chi connectivity index (χ0v) is 12.4. The fourth-order valence-electron chi connectivity index (χ4n) is 1.66. The predicted octanol–water partition coefficient (Wildman–Crippen LogP) is 3.27. The monoisotopic (exact) mass is 263 g/mol. The smallest absolute Gasteiger partial charge is 0.220 e. The average Bonchev–Trinajstić information content (AvgIpc) is 2.34. The predicted molar refractivity (Wildman–Crippen MR) is 77.7 cm³/mol. The third-order valence-electron chi connectivity index (χ3n) is 2.69. The third-order valence-corrected chi connectivity index (χ3v) is 2.69. The van der Waals surface area contributed by atoms with Gasteiger partial charge in [0.1, 0.15) is 0 Å². The Bertz CT molecular complexity index is 382. The standard InChI is InChI=1S/C16H25NO2/c1-12(2)9-16(18)17-10-14-5-7-15(8-6-14)11-19-13(3)4/h5-8,12-13H,9-11H2,1-4H3,(H,17,18). The summed E-state index contributed by atoms with van der Waals surface area (Å²) < 4.78 is 5.54. The number of nitrogens with one attached hydrogen (secondary N) is 1. The Labute approximate surface area is 116 Å². The van der Waals surface area contributed by atoms with Gasteiger partial charge in [-0.25, -0.2) is 0 Å². The van der Waals surface area contributed by atoms with Crippen LogP contribution in [0.2, 0.25) is 0 Å². The molecule has 0 aliphatic carbocycles. The lowest BCUT2D eigenvalue weighted by Crippen LogP contribution is -2.23. The van der Waals surface area contributed by atoms with Crippen LogP contribution in [0.1, 0.15) is 45.2 Å². The number of rotatable bonds is 7. The van der Waals surface area contributed by atoms with E-state index in [4.69, 9.17) is 4.74 Å². The Balaban J connectivity index is 2.37. The van der Waals surface area contributed by atoms with Gasteiger partial charge < -0.3 is 10.1 Å². The molecule has 1 aromatic carbocycles. The van der Waals surface area contributed by atoms with Crippen LogP contribution < -0.4 is 5.32 Å². The largest absolute Gasteiger partial charge is 0.374 e. The molecule has 1 amide bonds. The van der Waals surface area contributed by atoms with E-state index in [-0.39, 0.29) is 12.0 Å². The third kappa shape index (κ3) is 6.97. The summed E-state index contributed by atoms with van der Waals surface area (Å²) in [5.74, 6) is 0.512. The Morgan fingerprint density at radius 2 is 1.68 bits per heavy atom. The van der Waals surface area contributed by atoms with Crippen LogP contribution in [0.4, 0.5) is 0 Å². The van der Waals surface area contributed by atoms with Crippen LogP contribution in [0.25, 0.3) is 0 Å². The Kier molecular flexibility index (Phi) is 6.57. The van der Waals surface area contributed by atoms with Gasteiger partial charge in [-0.3, -0.25) is 4.79 Å². The van der Waals surface area contributed by atoms with Crippen LogP contribution in [-0.2, 0) is 22.7 Å². The van der Waals surface area contributed by atoms with Gasteiger partial charge in [-0.05, 0) is 30.9 Å². The van der Waals surface area contributed by atoms with Gasteiger partial charge in [-0.1, -0.05) is 38.1 Å². The first kappa shape index (κ1) is 15.7. The Hall–Kier alpha value is -1.35. The van der Waals surface area contributed by atoms with Crippen molar-refractivity contribution in [1.29, 1.82) is 0 Å². The number of amides is 1. The topological polar surface area (TPSA) is 38.3 Å². The zero-order chi connectivity index (χ0) is 14.3. The molecule has 3 heteroatoms. The molecule has 1 N–H and O–H groups in total. The van der Waals surface area contributed by atoms with Gasteiger partial charge in [0.25, 0.3) is 0 Å². The van der Waals surface area contributed by atoms with Gasteiger partial charge in [-0.15, -0.1) is 0 Å². The second-order valence-electron chi connectivity index (χ2n) is 5.55. The number of carbonyl (C=O) groups excluding carboxylic acids is 1. The normalized spacial score (nSPS) is 11.1.